The molecule has 1 heterocycles. The molecule has 2 N–H and O–H groups in total. The standard InChI is InChI=1S/C18H25NO2S/c1-12(16(19)17(20)21-18(2,3)4)5-6-13-7-8-14-9-10-22-15(14)11-13/h7-12,16H,5-6,19H2,1-4H3/t12-,16?/m1/s1. The van der Waals surface area contributed by atoms with Crippen LogP contribution in [-0.2, 0) is 16.0 Å². The first kappa shape index (κ1) is 17.0. The van der Waals surface area contributed by atoms with E-state index >= 15 is 0 Å². The molecule has 2 atom stereocenters. The molecule has 22 heavy (non-hydrogen) atoms. The normalized spacial score (nSPS) is 14.8. The molecule has 0 bridgehead atoms. The Hall–Kier alpha value is -1.39. The van der Waals surface area contributed by atoms with Crippen LogP contribution < -0.4 is 5.73 Å². The van der Waals surface area contributed by atoms with Crippen molar-refractivity contribution >= 4 is 27.4 Å². The molecule has 1 aromatic heterocycles. The molecule has 0 aliphatic rings. The van der Waals surface area contributed by atoms with Crippen molar-refractivity contribution in [1.82, 2.24) is 0 Å². The molecule has 0 saturated heterocycles. The lowest BCUT2D eigenvalue weighted by Gasteiger charge is -2.25. The van der Waals surface area contributed by atoms with Crippen LogP contribution in [0.3, 0.4) is 0 Å². The van der Waals surface area contributed by atoms with E-state index in [4.69, 9.17) is 10.5 Å². The largest absolute Gasteiger partial charge is 0.459 e. The van der Waals surface area contributed by atoms with Crippen LogP contribution in [0.1, 0.15) is 39.7 Å². The van der Waals surface area contributed by atoms with Gasteiger partial charge in [-0.3, -0.25) is 4.79 Å². The van der Waals surface area contributed by atoms with Crippen molar-refractivity contribution in [3.05, 3.63) is 35.2 Å². The zero-order chi connectivity index (χ0) is 16.3. The quantitative estimate of drug-likeness (QED) is 0.843. The number of fused-ring (bicyclic) bond motifs is 1. The predicted molar refractivity (Wildman–Crippen MR) is 93.1 cm³/mol. The summed E-state index contributed by atoms with van der Waals surface area (Å²) in [4.78, 5) is 12.0. The fraction of sp³-hybridized carbons (Fsp3) is 0.500. The maximum atomic E-state index is 12.0. The van der Waals surface area contributed by atoms with Crippen LogP contribution in [0, 0.1) is 5.92 Å². The minimum Gasteiger partial charge on any atom is -0.459 e. The first-order valence-electron chi connectivity index (χ1n) is 7.71. The summed E-state index contributed by atoms with van der Waals surface area (Å²) in [5.74, 6) is -0.220. The molecular formula is C18H25NO2S. The summed E-state index contributed by atoms with van der Waals surface area (Å²) in [5.41, 5.74) is 6.84. The summed E-state index contributed by atoms with van der Waals surface area (Å²) in [5, 5.41) is 3.39. The fourth-order valence-electron chi connectivity index (χ4n) is 2.33. The lowest BCUT2D eigenvalue weighted by atomic mass is 9.94. The maximum Gasteiger partial charge on any atom is 0.323 e. The van der Waals surface area contributed by atoms with E-state index in [0.717, 1.165) is 12.8 Å². The van der Waals surface area contributed by atoms with E-state index in [-0.39, 0.29) is 11.9 Å². The van der Waals surface area contributed by atoms with E-state index in [1.165, 1.54) is 15.6 Å². The third-order valence-electron chi connectivity index (χ3n) is 3.70. The zero-order valence-corrected chi connectivity index (χ0v) is 14.6. The molecule has 3 nitrogen and oxygen atoms in total. The van der Waals surface area contributed by atoms with Gasteiger partial charge in [0.2, 0.25) is 0 Å². The van der Waals surface area contributed by atoms with E-state index in [1.54, 1.807) is 11.3 Å². The van der Waals surface area contributed by atoms with E-state index in [2.05, 4.69) is 29.6 Å². The fourth-order valence-corrected chi connectivity index (χ4v) is 3.18. The topological polar surface area (TPSA) is 52.3 Å². The van der Waals surface area contributed by atoms with Gasteiger partial charge in [-0.25, -0.2) is 0 Å². The first-order chi connectivity index (χ1) is 10.3. The van der Waals surface area contributed by atoms with Crippen molar-refractivity contribution in [2.75, 3.05) is 0 Å². The van der Waals surface area contributed by atoms with Gasteiger partial charge in [-0.1, -0.05) is 19.1 Å². The Bertz CT molecular complexity index is 642. The number of hydrogen-bond acceptors (Lipinski definition) is 4. The summed E-state index contributed by atoms with van der Waals surface area (Å²) in [6.07, 6.45) is 1.79. The molecule has 0 aliphatic carbocycles. The Kier molecular flexibility index (Phi) is 5.24. The molecule has 0 aliphatic heterocycles. The molecule has 2 rings (SSSR count). The highest BCUT2D eigenvalue weighted by Crippen LogP contribution is 2.23. The van der Waals surface area contributed by atoms with Crippen LogP contribution in [0.5, 0.6) is 0 Å². The summed E-state index contributed by atoms with van der Waals surface area (Å²) in [7, 11) is 0. The number of aryl methyl sites for hydroxylation is 1. The summed E-state index contributed by atoms with van der Waals surface area (Å²) in [6, 6.07) is 8.10. The summed E-state index contributed by atoms with van der Waals surface area (Å²) >= 11 is 1.75. The van der Waals surface area contributed by atoms with Gasteiger partial charge in [0.25, 0.3) is 0 Å². The second-order valence-corrected chi connectivity index (χ2v) is 7.82. The number of ether oxygens (including phenoxy) is 1. The molecule has 2 aromatic rings. The smallest absolute Gasteiger partial charge is 0.323 e. The number of thiophene rings is 1. The predicted octanol–water partition coefficient (Wildman–Crippen LogP) is 4.14. The lowest BCUT2D eigenvalue weighted by Crippen LogP contribution is -2.41. The van der Waals surface area contributed by atoms with Crippen molar-refractivity contribution in [1.29, 1.82) is 0 Å². The van der Waals surface area contributed by atoms with Crippen molar-refractivity contribution in [3.8, 4) is 0 Å². The van der Waals surface area contributed by atoms with Gasteiger partial charge in [0, 0.05) is 4.70 Å². The Morgan fingerprint density at radius 1 is 1.32 bits per heavy atom. The molecule has 0 radical (unpaired) electrons. The number of esters is 1. The van der Waals surface area contributed by atoms with E-state index < -0.39 is 11.6 Å². The van der Waals surface area contributed by atoms with Crippen LogP contribution in [0.4, 0.5) is 0 Å². The van der Waals surface area contributed by atoms with E-state index in [9.17, 15) is 4.79 Å². The number of nitrogens with two attached hydrogens (primary N) is 1. The third-order valence-corrected chi connectivity index (χ3v) is 4.58. The Morgan fingerprint density at radius 2 is 2.05 bits per heavy atom. The summed E-state index contributed by atoms with van der Waals surface area (Å²) < 4.78 is 6.66. The molecule has 1 unspecified atom stereocenters. The number of rotatable bonds is 5. The highest BCUT2D eigenvalue weighted by Gasteiger charge is 2.26. The minimum absolute atomic E-state index is 0.0916. The Labute approximate surface area is 136 Å². The van der Waals surface area contributed by atoms with Crippen molar-refractivity contribution in [2.45, 2.75) is 52.2 Å². The molecule has 0 amide bonds. The number of hydrogen-bond donors (Lipinski definition) is 1. The second kappa shape index (κ2) is 6.80. The molecule has 0 fully saturated rings. The van der Waals surface area contributed by atoms with Gasteiger partial charge in [-0.2, -0.15) is 0 Å². The average Bonchev–Trinajstić information content (AvgIpc) is 2.89. The molecule has 0 saturated carbocycles. The van der Waals surface area contributed by atoms with Crippen molar-refractivity contribution in [2.24, 2.45) is 11.7 Å². The van der Waals surface area contributed by atoms with Gasteiger partial charge >= 0.3 is 5.97 Å². The van der Waals surface area contributed by atoms with Gasteiger partial charge < -0.3 is 10.5 Å². The second-order valence-electron chi connectivity index (χ2n) is 6.87. The minimum atomic E-state index is -0.565. The van der Waals surface area contributed by atoms with Gasteiger partial charge in [0.1, 0.15) is 11.6 Å². The maximum absolute atomic E-state index is 12.0. The van der Waals surface area contributed by atoms with Crippen LogP contribution in [-0.4, -0.2) is 17.6 Å². The lowest BCUT2D eigenvalue weighted by molar-refractivity contribution is -0.157. The molecule has 0 spiro atoms. The zero-order valence-electron chi connectivity index (χ0n) is 13.8. The number of carbonyl (C=O) groups is 1. The van der Waals surface area contributed by atoms with Crippen LogP contribution >= 0.6 is 11.3 Å². The third kappa shape index (κ3) is 4.55. The summed E-state index contributed by atoms with van der Waals surface area (Å²) in [6.45, 7) is 7.59. The van der Waals surface area contributed by atoms with Crippen LogP contribution in [0.15, 0.2) is 29.6 Å². The number of benzene rings is 1. The molecular weight excluding hydrogens is 294 g/mol. The van der Waals surface area contributed by atoms with E-state index in [1.807, 2.05) is 27.7 Å². The van der Waals surface area contributed by atoms with Crippen LogP contribution in [0.25, 0.3) is 10.1 Å². The van der Waals surface area contributed by atoms with Crippen molar-refractivity contribution in [3.63, 3.8) is 0 Å². The molecule has 120 valence electrons. The highest BCUT2D eigenvalue weighted by molar-refractivity contribution is 7.17. The molecule has 1 aromatic carbocycles. The first-order valence-corrected chi connectivity index (χ1v) is 8.59. The van der Waals surface area contributed by atoms with Gasteiger partial charge in [-0.15, -0.1) is 11.3 Å². The van der Waals surface area contributed by atoms with Gasteiger partial charge in [0.05, 0.1) is 0 Å². The van der Waals surface area contributed by atoms with Gasteiger partial charge in [0.15, 0.2) is 0 Å². The molecule has 4 heteroatoms. The van der Waals surface area contributed by atoms with Crippen molar-refractivity contribution < 1.29 is 9.53 Å². The van der Waals surface area contributed by atoms with E-state index in [0.29, 0.717) is 0 Å². The Morgan fingerprint density at radius 3 is 2.73 bits per heavy atom. The highest BCUT2D eigenvalue weighted by atomic mass is 32.1. The monoisotopic (exact) mass is 319 g/mol. The van der Waals surface area contributed by atoms with Crippen LogP contribution in [0.2, 0.25) is 0 Å². The number of carbonyl (C=O) groups excluding carboxylic acids is 1. The SMILES string of the molecule is C[C@H](CCc1ccc2ccsc2c1)C(N)C(=O)OC(C)(C)C. The van der Waals surface area contributed by atoms with Gasteiger partial charge in [-0.05, 0) is 68.0 Å². The average molecular weight is 319 g/mol. The Balaban J connectivity index is 1.91.